The van der Waals surface area contributed by atoms with E-state index in [-0.39, 0.29) is 17.9 Å². The lowest BCUT2D eigenvalue weighted by atomic mass is 9.74. The van der Waals surface area contributed by atoms with Crippen molar-refractivity contribution in [3.05, 3.63) is 12.7 Å². The summed E-state index contributed by atoms with van der Waals surface area (Å²) in [6.45, 7) is 16.0. The molecule has 0 heterocycles. The van der Waals surface area contributed by atoms with Gasteiger partial charge in [-0.2, -0.15) is 0 Å². The fourth-order valence-corrected chi connectivity index (χ4v) is 2.03. The second kappa shape index (κ2) is 6.19. The molecule has 94 valence electrons. The Labute approximate surface area is 100 Å². The van der Waals surface area contributed by atoms with Crippen LogP contribution in [0.5, 0.6) is 0 Å². The third kappa shape index (κ3) is 3.18. The Bertz CT molecular complexity index is 255. The van der Waals surface area contributed by atoms with E-state index in [4.69, 9.17) is 0 Å². The van der Waals surface area contributed by atoms with Crippen LogP contribution in [0, 0.1) is 11.8 Å². The maximum absolute atomic E-state index is 10.9. The molecule has 0 fully saturated rings. The molecule has 2 heteroatoms. The van der Waals surface area contributed by atoms with E-state index in [2.05, 4.69) is 25.4 Å². The largest absolute Gasteiger partial charge is 0.383 e. The Morgan fingerprint density at radius 3 is 2.06 bits per heavy atom. The molecule has 2 atom stereocenters. The molecule has 0 amide bonds. The topological polar surface area (TPSA) is 32.6 Å². The second-order valence-corrected chi connectivity index (χ2v) is 5.10. The third-order valence-electron chi connectivity index (χ3n) is 3.24. The standard InChI is InChI=1S/C14H27NO/c1-8-12(7)14(16,10(3)4)13(9-2)15-11(5)6/h9-12,16H,2,8H2,1,3-7H3. The highest BCUT2D eigenvalue weighted by molar-refractivity contribution is 6.01. The van der Waals surface area contributed by atoms with E-state index >= 15 is 0 Å². The Morgan fingerprint density at radius 2 is 1.81 bits per heavy atom. The summed E-state index contributed by atoms with van der Waals surface area (Å²) in [7, 11) is 0. The molecule has 0 radical (unpaired) electrons. The predicted octanol–water partition coefficient (Wildman–Crippen LogP) is 3.46. The Kier molecular flexibility index (Phi) is 5.95. The molecule has 0 aliphatic carbocycles. The normalized spacial score (nSPS) is 18.7. The average Bonchev–Trinajstić information content (AvgIpc) is 2.22. The molecule has 0 saturated carbocycles. The van der Waals surface area contributed by atoms with Crippen molar-refractivity contribution in [2.45, 2.75) is 59.6 Å². The first-order valence-corrected chi connectivity index (χ1v) is 6.23. The number of hydrogen-bond donors (Lipinski definition) is 1. The summed E-state index contributed by atoms with van der Waals surface area (Å²) in [5, 5.41) is 10.9. The lowest BCUT2D eigenvalue weighted by molar-refractivity contribution is 0.0116. The minimum absolute atomic E-state index is 0.137. The van der Waals surface area contributed by atoms with E-state index in [1.165, 1.54) is 0 Å². The molecule has 2 nitrogen and oxygen atoms in total. The fourth-order valence-electron chi connectivity index (χ4n) is 2.03. The zero-order valence-electron chi connectivity index (χ0n) is 11.6. The molecular weight excluding hydrogens is 198 g/mol. The van der Waals surface area contributed by atoms with E-state index in [0.717, 1.165) is 12.1 Å². The van der Waals surface area contributed by atoms with E-state index in [9.17, 15) is 5.11 Å². The van der Waals surface area contributed by atoms with Crippen LogP contribution in [0.1, 0.15) is 48.0 Å². The van der Waals surface area contributed by atoms with E-state index in [1.807, 2.05) is 27.7 Å². The Balaban J connectivity index is 5.40. The molecule has 0 aromatic carbocycles. The molecule has 1 N–H and O–H groups in total. The average molecular weight is 225 g/mol. The summed E-state index contributed by atoms with van der Waals surface area (Å²) >= 11 is 0. The first kappa shape index (κ1) is 15.4. The Morgan fingerprint density at radius 1 is 1.31 bits per heavy atom. The van der Waals surface area contributed by atoms with Crippen LogP contribution in [0.15, 0.2) is 17.6 Å². The van der Waals surface area contributed by atoms with Crippen LogP contribution in [0.2, 0.25) is 0 Å². The number of hydrogen-bond acceptors (Lipinski definition) is 2. The SMILES string of the molecule is C=CC(=NC(C)C)C(O)(C(C)C)C(C)CC. The number of aliphatic imine (C=N–C) groups is 1. The van der Waals surface area contributed by atoms with Crippen molar-refractivity contribution in [3.63, 3.8) is 0 Å². The van der Waals surface area contributed by atoms with Crippen molar-refractivity contribution >= 4 is 5.71 Å². The summed E-state index contributed by atoms with van der Waals surface area (Å²) in [5.41, 5.74) is -0.132. The summed E-state index contributed by atoms with van der Waals surface area (Å²) in [6, 6.07) is 0.183. The van der Waals surface area contributed by atoms with Crippen LogP contribution in [-0.4, -0.2) is 22.5 Å². The smallest absolute Gasteiger partial charge is 0.111 e. The monoisotopic (exact) mass is 225 g/mol. The van der Waals surface area contributed by atoms with Crippen LogP contribution in [0.3, 0.4) is 0 Å². The van der Waals surface area contributed by atoms with Crippen molar-refractivity contribution in [2.75, 3.05) is 0 Å². The molecule has 0 bridgehead atoms. The van der Waals surface area contributed by atoms with Crippen molar-refractivity contribution in [1.82, 2.24) is 0 Å². The van der Waals surface area contributed by atoms with Gasteiger partial charge in [-0.15, -0.1) is 0 Å². The van der Waals surface area contributed by atoms with Gasteiger partial charge in [0, 0.05) is 6.04 Å². The third-order valence-corrected chi connectivity index (χ3v) is 3.24. The zero-order valence-corrected chi connectivity index (χ0v) is 11.6. The van der Waals surface area contributed by atoms with Crippen molar-refractivity contribution in [1.29, 1.82) is 0 Å². The minimum atomic E-state index is -0.860. The molecule has 0 spiro atoms. The maximum Gasteiger partial charge on any atom is 0.111 e. The lowest BCUT2D eigenvalue weighted by Gasteiger charge is -2.38. The van der Waals surface area contributed by atoms with E-state index in [1.54, 1.807) is 6.08 Å². The van der Waals surface area contributed by atoms with Crippen LogP contribution in [-0.2, 0) is 0 Å². The fraction of sp³-hybridized carbons (Fsp3) is 0.786. The number of rotatable bonds is 6. The van der Waals surface area contributed by atoms with Crippen molar-refractivity contribution in [2.24, 2.45) is 16.8 Å². The van der Waals surface area contributed by atoms with Crippen LogP contribution in [0.25, 0.3) is 0 Å². The highest BCUT2D eigenvalue weighted by atomic mass is 16.3. The van der Waals surface area contributed by atoms with Gasteiger partial charge in [-0.3, -0.25) is 4.99 Å². The van der Waals surface area contributed by atoms with Crippen LogP contribution < -0.4 is 0 Å². The molecule has 0 rings (SSSR count). The van der Waals surface area contributed by atoms with Gasteiger partial charge < -0.3 is 5.11 Å². The first-order chi connectivity index (χ1) is 7.30. The summed E-state index contributed by atoms with van der Waals surface area (Å²) < 4.78 is 0. The quantitative estimate of drug-likeness (QED) is 0.690. The van der Waals surface area contributed by atoms with Gasteiger partial charge >= 0.3 is 0 Å². The molecule has 2 unspecified atom stereocenters. The molecule has 16 heavy (non-hydrogen) atoms. The van der Waals surface area contributed by atoms with Gasteiger partial charge in [-0.25, -0.2) is 0 Å². The second-order valence-electron chi connectivity index (χ2n) is 5.10. The van der Waals surface area contributed by atoms with Gasteiger partial charge in [0.25, 0.3) is 0 Å². The molecule has 0 aromatic rings. The van der Waals surface area contributed by atoms with Gasteiger partial charge in [0.2, 0.25) is 0 Å². The predicted molar refractivity (Wildman–Crippen MR) is 72.0 cm³/mol. The first-order valence-electron chi connectivity index (χ1n) is 6.23. The highest BCUT2D eigenvalue weighted by Gasteiger charge is 2.39. The lowest BCUT2D eigenvalue weighted by Crippen LogP contribution is -2.48. The van der Waals surface area contributed by atoms with Crippen LogP contribution >= 0.6 is 0 Å². The molecule has 0 saturated heterocycles. The van der Waals surface area contributed by atoms with Crippen molar-refractivity contribution in [3.8, 4) is 0 Å². The van der Waals surface area contributed by atoms with Gasteiger partial charge in [0.1, 0.15) is 5.60 Å². The van der Waals surface area contributed by atoms with Gasteiger partial charge in [0.05, 0.1) is 5.71 Å². The molecule has 0 aliphatic rings. The van der Waals surface area contributed by atoms with Gasteiger partial charge in [-0.1, -0.05) is 40.7 Å². The minimum Gasteiger partial charge on any atom is -0.383 e. The molecular formula is C14H27NO. The van der Waals surface area contributed by atoms with Gasteiger partial charge in [0.15, 0.2) is 0 Å². The highest BCUT2D eigenvalue weighted by Crippen LogP contribution is 2.31. The summed E-state index contributed by atoms with van der Waals surface area (Å²) in [5.74, 6) is 0.320. The summed E-state index contributed by atoms with van der Waals surface area (Å²) in [6.07, 6.45) is 2.63. The molecule has 0 aliphatic heterocycles. The zero-order chi connectivity index (χ0) is 12.9. The van der Waals surface area contributed by atoms with Crippen LogP contribution in [0.4, 0.5) is 0 Å². The Hall–Kier alpha value is -0.630. The number of nitrogens with zero attached hydrogens (tertiary/aromatic N) is 1. The summed E-state index contributed by atoms with van der Waals surface area (Å²) in [4.78, 5) is 4.51. The molecule has 0 aromatic heterocycles. The van der Waals surface area contributed by atoms with Gasteiger partial charge in [-0.05, 0) is 31.8 Å². The maximum atomic E-state index is 10.9. The number of aliphatic hydroxyl groups is 1. The van der Waals surface area contributed by atoms with E-state index in [0.29, 0.717) is 0 Å². The van der Waals surface area contributed by atoms with Crippen molar-refractivity contribution < 1.29 is 5.11 Å². The van der Waals surface area contributed by atoms with E-state index < -0.39 is 5.60 Å².